The molecule has 1 aromatic heterocycles. The number of unbranched alkanes of at least 4 members (excludes halogenated alkanes) is 3. The first-order valence-electron chi connectivity index (χ1n) is 6.17. The lowest BCUT2D eigenvalue weighted by Crippen LogP contribution is -2.25. The van der Waals surface area contributed by atoms with E-state index in [1.165, 1.54) is 6.33 Å². The van der Waals surface area contributed by atoms with Crippen LogP contribution in [0.5, 0.6) is 0 Å². The summed E-state index contributed by atoms with van der Waals surface area (Å²) in [6.45, 7) is 3.13. The van der Waals surface area contributed by atoms with E-state index in [0.717, 1.165) is 37.6 Å². The molecule has 0 saturated heterocycles. The zero-order valence-electron chi connectivity index (χ0n) is 10.6. The van der Waals surface area contributed by atoms with E-state index < -0.39 is 10.0 Å². The first-order chi connectivity index (χ1) is 8.60. The van der Waals surface area contributed by atoms with Crippen LogP contribution >= 0.6 is 15.9 Å². The second-order valence-electron chi connectivity index (χ2n) is 4.04. The highest BCUT2D eigenvalue weighted by molar-refractivity contribution is 9.09. The molecular formula is C11H20BrN3O2S. The SMILES string of the molecule is CCn1cnc(S(=O)(=O)NCCCCCCBr)c1. The summed E-state index contributed by atoms with van der Waals surface area (Å²) in [5.74, 6) is 0. The number of hydrogen-bond donors (Lipinski definition) is 1. The van der Waals surface area contributed by atoms with E-state index in [9.17, 15) is 8.42 Å². The van der Waals surface area contributed by atoms with Crippen molar-refractivity contribution in [3.63, 3.8) is 0 Å². The van der Waals surface area contributed by atoms with Crippen LogP contribution in [0.15, 0.2) is 17.6 Å². The Morgan fingerprint density at radius 2 is 2.06 bits per heavy atom. The summed E-state index contributed by atoms with van der Waals surface area (Å²) in [6.07, 6.45) is 7.24. The molecule has 0 aliphatic rings. The number of hydrogen-bond acceptors (Lipinski definition) is 3. The lowest BCUT2D eigenvalue weighted by atomic mass is 10.2. The van der Waals surface area contributed by atoms with Crippen molar-refractivity contribution in [1.82, 2.24) is 14.3 Å². The Kier molecular flexibility index (Phi) is 6.88. The first kappa shape index (κ1) is 15.7. The molecule has 0 bridgehead atoms. The minimum Gasteiger partial charge on any atom is -0.336 e. The average Bonchev–Trinajstić information content (AvgIpc) is 2.83. The molecule has 0 aromatic carbocycles. The quantitative estimate of drug-likeness (QED) is 0.554. The number of nitrogens with zero attached hydrogens (tertiary/aromatic N) is 2. The normalized spacial score (nSPS) is 11.9. The summed E-state index contributed by atoms with van der Waals surface area (Å²) in [5, 5.41) is 1.11. The maximum absolute atomic E-state index is 11.9. The minimum atomic E-state index is -3.43. The van der Waals surface area contributed by atoms with Crippen molar-refractivity contribution in [3.05, 3.63) is 12.5 Å². The molecule has 0 fully saturated rings. The van der Waals surface area contributed by atoms with Crippen molar-refractivity contribution in [2.75, 3.05) is 11.9 Å². The van der Waals surface area contributed by atoms with Crippen LogP contribution in [0.2, 0.25) is 0 Å². The third-order valence-corrected chi connectivity index (χ3v) is 4.51. The molecule has 1 aromatic rings. The summed E-state index contributed by atoms with van der Waals surface area (Å²) in [6, 6.07) is 0. The predicted molar refractivity (Wildman–Crippen MR) is 75.4 cm³/mol. The maximum atomic E-state index is 11.9. The summed E-state index contributed by atoms with van der Waals surface area (Å²) in [7, 11) is -3.43. The summed E-state index contributed by atoms with van der Waals surface area (Å²) in [5.41, 5.74) is 0. The Balaban J connectivity index is 2.36. The third kappa shape index (κ3) is 5.07. The Hall–Kier alpha value is -0.400. The third-order valence-electron chi connectivity index (χ3n) is 2.60. The Bertz CT molecular complexity index is 445. The van der Waals surface area contributed by atoms with E-state index in [-0.39, 0.29) is 5.03 Å². The number of sulfonamides is 1. The van der Waals surface area contributed by atoms with Crippen molar-refractivity contribution >= 4 is 26.0 Å². The van der Waals surface area contributed by atoms with Crippen LogP contribution in [-0.2, 0) is 16.6 Å². The fourth-order valence-corrected chi connectivity index (χ4v) is 2.92. The van der Waals surface area contributed by atoms with Gasteiger partial charge in [-0.05, 0) is 19.8 Å². The minimum absolute atomic E-state index is 0.102. The molecule has 1 rings (SSSR count). The van der Waals surface area contributed by atoms with Crippen LogP contribution in [0.3, 0.4) is 0 Å². The van der Waals surface area contributed by atoms with Gasteiger partial charge in [-0.25, -0.2) is 18.1 Å². The zero-order valence-corrected chi connectivity index (χ0v) is 13.0. The van der Waals surface area contributed by atoms with Gasteiger partial charge in [0, 0.05) is 24.6 Å². The van der Waals surface area contributed by atoms with E-state index in [4.69, 9.17) is 0 Å². The van der Waals surface area contributed by atoms with Crippen LogP contribution in [0.1, 0.15) is 32.6 Å². The highest BCUT2D eigenvalue weighted by Gasteiger charge is 2.15. The standard InChI is InChI=1S/C11H20BrN3O2S/c1-2-15-9-11(13-10-15)18(16,17)14-8-6-4-3-5-7-12/h9-10,14H,2-8H2,1H3. The summed E-state index contributed by atoms with van der Waals surface area (Å²) >= 11 is 3.37. The molecule has 0 spiro atoms. The number of rotatable bonds is 9. The molecule has 0 unspecified atom stereocenters. The van der Waals surface area contributed by atoms with Crippen molar-refractivity contribution in [2.45, 2.75) is 44.2 Å². The molecule has 1 heterocycles. The van der Waals surface area contributed by atoms with Gasteiger partial charge in [0.05, 0.1) is 6.33 Å². The monoisotopic (exact) mass is 337 g/mol. The van der Waals surface area contributed by atoms with Gasteiger partial charge >= 0.3 is 0 Å². The molecule has 0 aliphatic heterocycles. The number of imidazole rings is 1. The summed E-state index contributed by atoms with van der Waals surface area (Å²) < 4.78 is 28.0. The van der Waals surface area contributed by atoms with Gasteiger partial charge in [0.1, 0.15) is 0 Å². The van der Waals surface area contributed by atoms with Gasteiger partial charge in [-0.15, -0.1) is 0 Å². The van der Waals surface area contributed by atoms with Crippen LogP contribution < -0.4 is 4.72 Å². The van der Waals surface area contributed by atoms with Gasteiger partial charge in [-0.2, -0.15) is 0 Å². The van der Waals surface area contributed by atoms with Gasteiger partial charge < -0.3 is 4.57 Å². The molecule has 5 nitrogen and oxygen atoms in total. The van der Waals surface area contributed by atoms with E-state index in [1.54, 1.807) is 10.8 Å². The number of aryl methyl sites for hydroxylation is 1. The number of halogens is 1. The topological polar surface area (TPSA) is 64.0 Å². The Morgan fingerprint density at radius 3 is 2.67 bits per heavy atom. The first-order valence-corrected chi connectivity index (χ1v) is 8.78. The van der Waals surface area contributed by atoms with Gasteiger partial charge in [-0.1, -0.05) is 28.8 Å². The van der Waals surface area contributed by atoms with E-state index in [2.05, 4.69) is 25.6 Å². The van der Waals surface area contributed by atoms with Gasteiger partial charge in [0.2, 0.25) is 0 Å². The Morgan fingerprint density at radius 1 is 1.33 bits per heavy atom. The zero-order chi connectivity index (χ0) is 13.4. The van der Waals surface area contributed by atoms with Crippen molar-refractivity contribution < 1.29 is 8.42 Å². The molecule has 0 atom stereocenters. The van der Waals surface area contributed by atoms with Crippen LogP contribution in [0.4, 0.5) is 0 Å². The molecule has 0 radical (unpaired) electrons. The number of nitrogens with one attached hydrogen (secondary N) is 1. The van der Waals surface area contributed by atoms with E-state index in [1.807, 2.05) is 6.92 Å². The lowest BCUT2D eigenvalue weighted by Gasteiger charge is -2.03. The second kappa shape index (κ2) is 7.91. The molecule has 0 amide bonds. The summed E-state index contributed by atoms with van der Waals surface area (Å²) in [4.78, 5) is 3.89. The lowest BCUT2D eigenvalue weighted by molar-refractivity contribution is 0.570. The molecule has 7 heteroatoms. The number of alkyl halides is 1. The molecular weight excluding hydrogens is 318 g/mol. The van der Waals surface area contributed by atoms with Crippen molar-refractivity contribution in [1.29, 1.82) is 0 Å². The fourth-order valence-electron chi connectivity index (χ4n) is 1.50. The van der Waals surface area contributed by atoms with Crippen LogP contribution in [-0.4, -0.2) is 29.8 Å². The van der Waals surface area contributed by atoms with Gasteiger partial charge in [0.15, 0.2) is 5.03 Å². The largest absolute Gasteiger partial charge is 0.336 e. The smallest absolute Gasteiger partial charge is 0.259 e. The van der Waals surface area contributed by atoms with Gasteiger partial charge in [0.25, 0.3) is 10.0 Å². The number of aromatic nitrogens is 2. The van der Waals surface area contributed by atoms with Gasteiger partial charge in [-0.3, -0.25) is 0 Å². The van der Waals surface area contributed by atoms with E-state index >= 15 is 0 Å². The molecule has 0 saturated carbocycles. The fraction of sp³-hybridized carbons (Fsp3) is 0.727. The van der Waals surface area contributed by atoms with Crippen LogP contribution in [0, 0.1) is 0 Å². The predicted octanol–water partition coefficient (Wildman–Crippen LogP) is 2.14. The molecule has 104 valence electrons. The molecule has 18 heavy (non-hydrogen) atoms. The highest BCUT2D eigenvalue weighted by atomic mass is 79.9. The molecule has 0 aliphatic carbocycles. The highest BCUT2D eigenvalue weighted by Crippen LogP contribution is 2.06. The average molecular weight is 338 g/mol. The van der Waals surface area contributed by atoms with Crippen molar-refractivity contribution in [2.24, 2.45) is 0 Å². The van der Waals surface area contributed by atoms with Crippen LogP contribution in [0.25, 0.3) is 0 Å². The molecule has 1 N–H and O–H groups in total. The second-order valence-corrected chi connectivity index (χ2v) is 6.55. The van der Waals surface area contributed by atoms with E-state index in [0.29, 0.717) is 6.54 Å². The van der Waals surface area contributed by atoms with Crippen molar-refractivity contribution in [3.8, 4) is 0 Å². The Labute approximate surface area is 117 Å². The maximum Gasteiger partial charge on any atom is 0.259 e.